The molecule has 0 bridgehead atoms. The average Bonchev–Trinajstić information content (AvgIpc) is 2.45. The highest BCUT2D eigenvalue weighted by molar-refractivity contribution is 7.81. The molecule has 1 aliphatic heterocycles. The molecule has 3 nitrogen and oxygen atoms in total. The third-order valence-corrected chi connectivity index (χ3v) is 2.91. The van der Waals surface area contributed by atoms with Gasteiger partial charge in [0.1, 0.15) is 0 Å². The van der Waals surface area contributed by atoms with Gasteiger partial charge in [0, 0.05) is 29.4 Å². The first kappa shape index (κ1) is 10.8. The van der Waals surface area contributed by atoms with Crippen LogP contribution in [0.25, 0.3) is 0 Å². The lowest BCUT2D eigenvalue weighted by Gasteiger charge is -2.15. The van der Waals surface area contributed by atoms with Crippen LogP contribution in [0.3, 0.4) is 0 Å². The number of hydrogen-bond acceptors (Lipinski definition) is 3. The van der Waals surface area contributed by atoms with Gasteiger partial charge < -0.3 is 4.90 Å². The maximum absolute atomic E-state index is 11.5. The standard InChI is InChI=1S/C10H11ClN2OS/c11-7-1-2-12-8(3-7)5-13-6-9(15)4-10(13)14/h1-3,9,15H,4-6H2. The zero-order valence-electron chi connectivity index (χ0n) is 8.06. The van der Waals surface area contributed by atoms with Gasteiger partial charge in [0.15, 0.2) is 0 Å². The number of likely N-dealkylation sites (tertiary alicyclic amines) is 1. The highest BCUT2D eigenvalue weighted by atomic mass is 35.5. The van der Waals surface area contributed by atoms with E-state index in [4.69, 9.17) is 11.6 Å². The van der Waals surface area contributed by atoms with Crippen LogP contribution >= 0.6 is 24.2 Å². The molecule has 0 radical (unpaired) electrons. The lowest BCUT2D eigenvalue weighted by atomic mass is 10.3. The summed E-state index contributed by atoms with van der Waals surface area (Å²) < 4.78 is 0. The number of halogens is 1. The lowest BCUT2D eigenvalue weighted by molar-refractivity contribution is -0.128. The molecule has 1 fully saturated rings. The molecule has 1 aromatic rings. The van der Waals surface area contributed by atoms with E-state index in [1.54, 1.807) is 23.2 Å². The Bertz CT molecular complexity index is 385. The number of aromatic nitrogens is 1. The lowest BCUT2D eigenvalue weighted by Crippen LogP contribution is -2.25. The van der Waals surface area contributed by atoms with Crippen LogP contribution in [0, 0.1) is 0 Å². The summed E-state index contributed by atoms with van der Waals surface area (Å²) >= 11 is 10.1. The maximum Gasteiger partial charge on any atom is 0.224 e. The Morgan fingerprint density at radius 1 is 1.67 bits per heavy atom. The molecule has 0 aromatic carbocycles. The summed E-state index contributed by atoms with van der Waals surface area (Å²) in [7, 11) is 0. The fourth-order valence-corrected chi connectivity index (χ4v) is 2.17. The van der Waals surface area contributed by atoms with Crippen molar-refractivity contribution in [3.05, 3.63) is 29.0 Å². The van der Waals surface area contributed by atoms with Crippen LogP contribution in [0.4, 0.5) is 0 Å². The molecule has 80 valence electrons. The van der Waals surface area contributed by atoms with Crippen molar-refractivity contribution in [2.24, 2.45) is 0 Å². The van der Waals surface area contributed by atoms with E-state index in [1.807, 2.05) is 0 Å². The van der Waals surface area contributed by atoms with Crippen LogP contribution in [-0.2, 0) is 11.3 Å². The fourth-order valence-electron chi connectivity index (χ4n) is 1.63. The van der Waals surface area contributed by atoms with Crippen molar-refractivity contribution >= 4 is 30.1 Å². The average molecular weight is 243 g/mol. The minimum atomic E-state index is 0.136. The molecule has 2 heterocycles. The van der Waals surface area contributed by atoms with Gasteiger partial charge in [-0.1, -0.05) is 11.6 Å². The van der Waals surface area contributed by atoms with Gasteiger partial charge in [-0.15, -0.1) is 0 Å². The Morgan fingerprint density at radius 3 is 3.07 bits per heavy atom. The third-order valence-electron chi connectivity index (χ3n) is 2.33. The number of pyridine rings is 1. The molecule has 1 amide bonds. The van der Waals surface area contributed by atoms with Crippen LogP contribution in [0.5, 0.6) is 0 Å². The molecule has 1 aliphatic rings. The Labute approximate surface area is 98.8 Å². The number of nitrogens with zero attached hydrogens (tertiary/aromatic N) is 2. The molecule has 5 heteroatoms. The fraction of sp³-hybridized carbons (Fsp3) is 0.400. The quantitative estimate of drug-likeness (QED) is 0.802. The van der Waals surface area contributed by atoms with Crippen molar-refractivity contribution < 1.29 is 4.79 Å². The van der Waals surface area contributed by atoms with Crippen molar-refractivity contribution in [2.75, 3.05) is 6.54 Å². The molecule has 15 heavy (non-hydrogen) atoms. The molecule has 1 aromatic heterocycles. The Hall–Kier alpha value is -0.740. The van der Waals surface area contributed by atoms with Gasteiger partial charge in [-0.05, 0) is 12.1 Å². The van der Waals surface area contributed by atoms with Gasteiger partial charge in [-0.3, -0.25) is 9.78 Å². The molecular formula is C10H11ClN2OS. The van der Waals surface area contributed by atoms with E-state index in [9.17, 15) is 4.79 Å². The molecule has 2 rings (SSSR count). The summed E-state index contributed by atoms with van der Waals surface area (Å²) in [6.45, 7) is 1.21. The van der Waals surface area contributed by atoms with Gasteiger partial charge in [-0.2, -0.15) is 12.6 Å². The molecule has 1 atom stereocenters. The number of amides is 1. The minimum Gasteiger partial charge on any atom is -0.336 e. The number of thiol groups is 1. The molecule has 0 saturated carbocycles. The van der Waals surface area contributed by atoms with E-state index in [0.29, 0.717) is 24.5 Å². The van der Waals surface area contributed by atoms with E-state index in [1.165, 1.54) is 0 Å². The van der Waals surface area contributed by atoms with Gasteiger partial charge in [0.05, 0.1) is 12.2 Å². The SMILES string of the molecule is O=C1CC(S)CN1Cc1cc(Cl)ccn1. The van der Waals surface area contributed by atoms with Crippen molar-refractivity contribution in [3.8, 4) is 0 Å². The smallest absolute Gasteiger partial charge is 0.224 e. The van der Waals surface area contributed by atoms with Gasteiger partial charge >= 0.3 is 0 Å². The van der Waals surface area contributed by atoms with Crippen molar-refractivity contribution in [1.29, 1.82) is 0 Å². The first-order valence-corrected chi connectivity index (χ1v) is 5.61. The van der Waals surface area contributed by atoms with Gasteiger partial charge in [0.25, 0.3) is 0 Å². The second-order valence-corrected chi connectivity index (χ2v) is 4.76. The number of carbonyl (C=O) groups is 1. The van der Waals surface area contributed by atoms with Crippen LogP contribution in [0.1, 0.15) is 12.1 Å². The zero-order valence-corrected chi connectivity index (χ0v) is 9.71. The number of rotatable bonds is 2. The summed E-state index contributed by atoms with van der Waals surface area (Å²) in [5, 5.41) is 0.797. The van der Waals surface area contributed by atoms with E-state index in [2.05, 4.69) is 17.6 Å². The summed E-state index contributed by atoms with van der Waals surface area (Å²) in [5.41, 5.74) is 0.818. The summed E-state index contributed by atoms with van der Waals surface area (Å²) in [4.78, 5) is 17.4. The molecule has 1 unspecified atom stereocenters. The van der Waals surface area contributed by atoms with E-state index >= 15 is 0 Å². The van der Waals surface area contributed by atoms with E-state index in [-0.39, 0.29) is 11.2 Å². The van der Waals surface area contributed by atoms with Crippen LogP contribution in [0.15, 0.2) is 18.3 Å². The Kier molecular flexibility index (Phi) is 3.17. The predicted molar refractivity (Wildman–Crippen MR) is 62.1 cm³/mol. The van der Waals surface area contributed by atoms with Gasteiger partial charge in [-0.25, -0.2) is 0 Å². The zero-order chi connectivity index (χ0) is 10.8. The molecule has 0 aliphatic carbocycles. The van der Waals surface area contributed by atoms with Crippen molar-refractivity contribution in [1.82, 2.24) is 9.88 Å². The number of hydrogen-bond donors (Lipinski definition) is 1. The number of carbonyl (C=O) groups excluding carboxylic acids is 1. The largest absolute Gasteiger partial charge is 0.336 e. The monoisotopic (exact) mass is 242 g/mol. The minimum absolute atomic E-state index is 0.136. The molecule has 1 saturated heterocycles. The summed E-state index contributed by atoms with van der Waals surface area (Å²) in [5.74, 6) is 0.136. The first-order valence-electron chi connectivity index (χ1n) is 4.71. The highest BCUT2D eigenvalue weighted by Crippen LogP contribution is 2.18. The van der Waals surface area contributed by atoms with Crippen LogP contribution in [0.2, 0.25) is 5.02 Å². The topological polar surface area (TPSA) is 33.2 Å². The summed E-state index contributed by atoms with van der Waals surface area (Å²) in [6.07, 6.45) is 2.17. The molecular weight excluding hydrogens is 232 g/mol. The Morgan fingerprint density at radius 2 is 2.47 bits per heavy atom. The normalized spacial score (nSPS) is 21.1. The van der Waals surface area contributed by atoms with Gasteiger partial charge in [0.2, 0.25) is 5.91 Å². The Balaban J connectivity index is 2.06. The molecule has 0 N–H and O–H groups in total. The van der Waals surface area contributed by atoms with E-state index in [0.717, 1.165) is 5.69 Å². The first-order chi connectivity index (χ1) is 7.15. The highest BCUT2D eigenvalue weighted by Gasteiger charge is 2.27. The van der Waals surface area contributed by atoms with Crippen molar-refractivity contribution in [2.45, 2.75) is 18.2 Å². The second-order valence-electron chi connectivity index (χ2n) is 3.60. The maximum atomic E-state index is 11.5. The summed E-state index contributed by atoms with van der Waals surface area (Å²) in [6, 6.07) is 3.50. The van der Waals surface area contributed by atoms with Crippen LogP contribution in [-0.4, -0.2) is 27.6 Å². The predicted octanol–water partition coefficient (Wildman–Crippen LogP) is 1.77. The molecule has 0 spiro atoms. The van der Waals surface area contributed by atoms with E-state index < -0.39 is 0 Å². The van der Waals surface area contributed by atoms with Crippen molar-refractivity contribution in [3.63, 3.8) is 0 Å². The second kappa shape index (κ2) is 4.41. The third kappa shape index (κ3) is 2.63. The van der Waals surface area contributed by atoms with Crippen LogP contribution < -0.4 is 0 Å².